The summed E-state index contributed by atoms with van der Waals surface area (Å²) in [5.74, 6) is 0. The Balaban J connectivity index is 1.30. The smallest absolute Gasteiger partial charge is 0.0543 e. The average Bonchev–Trinajstić information content (AvgIpc) is 3.48. The minimum Gasteiger partial charge on any atom is -0.310 e. The maximum Gasteiger partial charge on any atom is 0.0543 e. The fourth-order valence-electron chi connectivity index (χ4n) is 8.77. The molecule has 2 heteroatoms. The normalized spacial score (nSPS) is 12.7. The second-order valence-corrected chi connectivity index (χ2v) is 14.9. The first-order valence-electron chi connectivity index (χ1n) is 19.1. The predicted octanol–water partition coefficient (Wildman–Crippen LogP) is 14.9. The first-order chi connectivity index (χ1) is 27.1. The van der Waals surface area contributed by atoms with E-state index in [-0.39, 0.29) is 5.41 Å². The zero-order valence-electron chi connectivity index (χ0n) is 31.0. The van der Waals surface area contributed by atoms with E-state index in [9.17, 15) is 0 Å². The summed E-state index contributed by atoms with van der Waals surface area (Å²) in [5.41, 5.74) is 14.3. The highest BCUT2D eigenvalue weighted by Gasteiger charge is 2.40. The van der Waals surface area contributed by atoms with Crippen LogP contribution in [0, 0.1) is 0 Å². The quantitative estimate of drug-likeness (QED) is 0.163. The van der Waals surface area contributed by atoms with Crippen LogP contribution in [0.2, 0.25) is 0 Å². The third-order valence-corrected chi connectivity index (χ3v) is 11.4. The van der Waals surface area contributed by atoms with E-state index in [1.54, 1.807) is 0 Å². The van der Waals surface area contributed by atoms with Crippen LogP contribution in [0.15, 0.2) is 206 Å². The molecular weight excluding hydrogens is 665 g/mol. The van der Waals surface area contributed by atoms with E-state index in [1.807, 2.05) is 0 Å². The summed E-state index contributed by atoms with van der Waals surface area (Å²) in [7, 11) is 0. The van der Waals surface area contributed by atoms with Gasteiger partial charge in [0.05, 0.1) is 11.4 Å². The number of nitrogens with zero attached hydrogens (tertiary/aromatic N) is 2. The van der Waals surface area contributed by atoms with Gasteiger partial charge in [-0.15, -0.1) is 0 Å². The van der Waals surface area contributed by atoms with Gasteiger partial charge in [-0.1, -0.05) is 153 Å². The van der Waals surface area contributed by atoms with E-state index in [0.717, 1.165) is 22.7 Å². The molecule has 0 radical (unpaired) electrons. The number of hydrogen-bond donors (Lipinski definition) is 0. The van der Waals surface area contributed by atoms with Crippen molar-refractivity contribution in [3.8, 4) is 22.3 Å². The monoisotopic (exact) mass is 704 g/mol. The van der Waals surface area contributed by atoms with Gasteiger partial charge in [0, 0.05) is 38.9 Å². The summed E-state index contributed by atoms with van der Waals surface area (Å²) >= 11 is 0. The summed E-state index contributed by atoms with van der Waals surface area (Å²) in [6.07, 6.45) is 0. The highest BCUT2D eigenvalue weighted by molar-refractivity contribution is 6.18. The van der Waals surface area contributed by atoms with Gasteiger partial charge < -0.3 is 9.80 Å². The standard InChI is InChI=1S/C53H40N2/c1-53(2)47-35-49(54(39-22-10-4-11-23-39)40-24-12-5-13-25-40)43-30-18-19-31-44(43)51(47)52-45-33-32-38(37-20-8-3-9-21-37)34-46(45)50(36-48(52)53)55(41-26-14-6-15-27-41)42-28-16-7-17-29-42/h3-36H,1-2H3. The Bertz CT molecular complexity index is 2730. The Labute approximate surface area is 323 Å². The third kappa shape index (κ3) is 5.41. The van der Waals surface area contributed by atoms with Crippen LogP contribution in [0.25, 0.3) is 43.8 Å². The molecule has 0 amide bonds. The van der Waals surface area contributed by atoms with Gasteiger partial charge in [0.2, 0.25) is 0 Å². The van der Waals surface area contributed by atoms with Crippen LogP contribution in [-0.2, 0) is 5.41 Å². The molecule has 9 aromatic rings. The van der Waals surface area contributed by atoms with Gasteiger partial charge in [0.25, 0.3) is 0 Å². The van der Waals surface area contributed by atoms with Gasteiger partial charge in [0.1, 0.15) is 0 Å². The van der Waals surface area contributed by atoms with Crippen molar-refractivity contribution in [2.45, 2.75) is 19.3 Å². The van der Waals surface area contributed by atoms with Crippen molar-refractivity contribution in [1.29, 1.82) is 0 Å². The lowest BCUT2D eigenvalue weighted by Gasteiger charge is -2.30. The number of fused-ring (bicyclic) bond motifs is 7. The van der Waals surface area contributed by atoms with Crippen LogP contribution in [0.4, 0.5) is 34.1 Å². The first kappa shape index (κ1) is 32.7. The summed E-state index contributed by atoms with van der Waals surface area (Å²) in [6, 6.07) is 74.9. The van der Waals surface area contributed by atoms with Crippen LogP contribution in [0.1, 0.15) is 25.0 Å². The molecule has 1 aliphatic rings. The number of benzene rings is 9. The highest BCUT2D eigenvalue weighted by Crippen LogP contribution is 2.58. The molecule has 0 fully saturated rings. The molecule has 55 heavy (non-hydrogen) atoms. The van der Waals surface area contributed by atoms with Gasteiger partial charge in [-0.05, 0) is 111 Å². The maximum atomic E-state index is 2.49. The van der Waals surface area contributed by atoms with E-state index < -0.39 is 0 Å². The lowest BCUT2D eigenvalue weighted by molar-refractivity contribution is 0.661. The Kier molecular flexibility index (Phi) is 7.85. The summed E-state index contributed by atoms with van der Waals surface area (Å²) < 4.78 is 0. The summed E-state index contributed by atoms with van der Waals surface area (Å²) in [6.45, 7) is 4.82. The molecule has 9 aromatic carbocycles. The second-order valence-electron chi connectivity index (χ2n) is 14.9. The Morgan fingerprint density at radius 3 is 1.13 bits per heavy atom. The van der Waals surface area contributed by atoms with Gasteiger partial charge in [-0.2, -0.15) is 0 Å². The number of anilines is 6. The van der Waals surface area contributed by atoms with Crippen LogP contribution in [-0.4, -0.2) is 0 Å². The molecule has 0 saturated heterocycles. The molecule has 0 aliphatic heterocycles. The number of rotatable bonds is 7. The van der Waals surface area contributed by atoms with Gasteiger partial charge in [0.15, 0.2) is 0 Å². The van der Waals surface area contributed by atoms with Gasteiger partial charge in [-0.3, -0.25) is 0 Å². The molecule has 0 spiro atoms. The van der Waals surface area contributed by atoms with Crippen molar-refractivity contribution in [3.05, 3.63) is 217 Å². The van der Waals surface area contributed by atoms with Crippen LogP contribution in [0.5, 0.6) is 0 Å². The Morgan fingerprint density at radius 1 is 0.309 bits per heavy atom. The topological polar surface area (TPSA) is 6.48 Å². The second kappa shape index (κ2) is 13.2. The molecule has 0 saturated carbocycles. The molecule has 10 rings (SSSR count). The molecular formula is C53H40N2. The fraction of sp³-hybridized carbons (Fsp3) is 0.0566. The van der Waals surface area contributed by atoms with E-state index >= 15 is 0 Å². The third-order valence-electron chi connectivity index (χ3n) is 11.4. The van der Waals surface area contributed by atoms with Crippen LogP contribution in [0.3, 0.4) is 0 Å². The Hall–Kier alpha value is -6.90. The predicted molar refractivity (Wildman–Crippen MR) is 234 cm³/mol. The molecule has 1 aliphatic carbocycles. The van der Waals surface area contributed by atoms with Gasteiger partial charge in [-0.25, -0.2) is 0 Å². The fourth-order valence-corrected chi connectivity index (χ4v) is 8.77. The van der Waals surface area contributed by atoms with Crippen molar-refractivity contribution in [2.75, 3.05) is 9.80 Å². The molecule has 0 bridgehead atoms. The van der Waals surface area contributed by atoms with Crippen molar-refractivity contribution >= 4 is 55.7 Å². The first-order valence-corrected chi connectivity index (χ1v) is 19.1. The van der Waals surface area contributed by atoms with E-state index in [2.05, 4.69) is 230 Å². The zero-order valence-corrected chi connectivity index (χ0v) is 31.0. The minimum atomic E-state index is -0.303. The van der Waals surface area contributed by atoms with Crippen molar-refractivity contribution in [2.24, 2.45) is 0 Å². The summed E-state index contributed by atoms with van der Waals surface area (Å²) in [4.78, 5) is 4.86. The van der Waals surface area contributed by atoms with E-state index in [0.29, 0.717) is 0 Å². The molecule has 2 nitrogen and oxygen atoms in total. The van der Waals surface area contributed by atoms with Crippen molar-refractivity contribution in [1.82, 2.24) is 0 Å². The maximum absolute atomic E-state index is 2.49. The number of hydrogen-bond acceptors (Lipinski definition) is 2. The lowest BCUT2D eigenvalue weighted by atomic mass is 9.81. The highest BCUT2D eigenvalue weighted by atomic mass is 15.1. The average molecular weight is 705 g/mol. The SMILES string of the molecule is CC1(C)c2cc(N(c3ccccc3)c3ccccc3)c3ccccc3c2-c2c1cc(N(c1ccccc1)c1ccccc1)c1cc(-c3ccccc3)ccc21. The minimum absolute atomic E-state index is 0.303. The molecule has 0 unspecified atom stereocenters. The largest absolute Gasteiger partial charge is 0.310 e. The van der Waals surface area contributed by atoms with Gasteiger partial charge >= 0.3 is 0 Å². The molecule has 0 heterocycles. The van der Waals surface area contributed by atoms with Crippen LogP contribution < -0.4 is 9.80 Å². The van der Waals surface area contributed by atoms with Crippen molar-refractivity contribution in [3.63, 3.8) is 0 Å². The molecule has 262 valence electrons. The molecule has 0 aromatic heterocycles. The zero-order chi connectivity index (χ0) is 36.9. The van der Waals surface area contributed by atoms with Crippen LogP contribution >= 0.6 is 0 Å². The lowest BCUT2D eigenvalue weighted by Crippen LogP contribution is -2.18. The molecule has 0 N–H and O–H groups in total. The molecule has 0 atom stereocenters. The summed E-state index contributed by atoms with van der Waals surface area (Å²) in [5, 5.41) is 4.98. The van der Waals surface area contributed by atoms with E-state index in [1.165, 1.54) is 66.3 Å². The van der Waals surface area contributed by atoms with E-state index in [4.69, 9.17) is 0 Å². The Morgan fingerprint density at radius 2 is 0.673 bits per heavy atom. The van der Waals surface area contributed by atoms with Crippen molar-refractivity contribution < 1.29 is 0 Å². The number of para-hydroxylation sites is 4.